The molecule has 0 radical (unpaired) electrons. The number of hydrogen-bond donors (Lipinski definition) is 2. The molecule has 1 heterocycles. The van der Waals surface area contributed by atoms with E-state index in [2.05, 4.69) is 5.32 Å². The number of aryl methyl sites for hydroxylation is 1. The molecule has 21 heavy (non-hydrogen) atoms. The topological polar surface area (TPSA) is 66.4 Å². The Labute approximate surface area is 124 Å². The number of aliphatic carboxylic acids is 1. The Bertz CT molecular complexity index is 721. The number of amides is 1. The van der Waals surface area contributed by atoms with Crippen LogP contribution in [0, 0.1) is 12.7 Å². The third-order valence-corrected chi connectivity index (χ3v) is 3.73. The lowest BCUT2D eigenvalue weighted by atomic mass is 10.2. The second kappa shape index (κ2) is 6.32. The summed E-state index contributed by atoms with van der Waals surface area (Å²) in [5.41, 5.74) is 1.17. The van der Waals surface area contributed by atoms with Gasteiger partial charge in [0.1, 0.15) is 5.82 Å². The number of anilines is 1. The highest BCUT2D eigenvalue weighted by atomic mass is 32.1. The van der Waals surface area contributed by atoms with Gasteiger partial charge in [-0.15, -0.1) is 11.3 Å². The zero-order valence-electron chi connectivity index (χ0n) is 11.1. The lowest BCUT2D eigenvalue weighted by molar-refractivity contribution is -0.131. The summed E-state index contributed by atoms with van der Waals surface area (Å²) < 4.78 is 13.0. The number of rotatable bonds is 4. The van der Waals surface area contributed by atoms with Gasteiger partial charge in [0.15, 0.2) is 0 Å². The minimum atomic E-state index is -1.05. The van der Waals surface area contributed by atoms with E-state index >= 15 is 0 Å². The normalized spacial score (nSPS) is 10.8. The number of carboxylic acid groups (broad SMARTS) is 1. The molecule has 2 N–H and O–H groups in total. The second-order valence-electron chi connectivity index (χ2n) is 4.29. The van der Waals surface area contributed by atoms with Gasteiger partial charge in [0.2, 0.25) is 0 Å². The molecule has 0 aliphatic carbocycles. The molecule has 0 unspecified atom stereocenters. The molecule has 4 nitrogen and oxygen atoms in total. The molecule has 6 heteroatoms. The van der Waals surface area contributed by atoms with Crippen LogP contribution in [0.1, 0.15) is 20.1 Å². The Hall–Kier alpha value is -2.47. The van der Waals surface area contributed by atoms with E-state index in [9.17, 15) is 14.0 Å². The van der Waals surface area contributed by atoms with E-state index in [1.54, 1.807) is 19.1 Å². The maximum Gasteiger partial charge on any atom is 0.328 e. The number of carbonyl (C=O) groups excluding carboxylic acids is 1. The molecule has 0 spiro atoms. The molecule has 0 bridgehead atoms. The SMILES string of the molecule is Cc1cc(F)ccc1NC(=O)c1ccc(C=CC(=O)O)s1. The van der Waals surface area contributed by atoms with E-state index in [0.717, 1.165) is 6.08 Å². The number of hydrogen-bond acceptors (Lipinski definition) is 3. The fraction of sp³-hybridized carbons (Fsp3) is 0.0667. The van der Waals surface area contributed by atoms with Crippen LogP contribution in [0.5, 0.6) is 0 Å². The van der Waals surface area contributed by atoms with Crippen LogP contribution in [0.2, 0.25) is 0 Å². The summed E-state index contributed by atoms with van der Waals surface area (Å²) >= 11 is 1.17. The molecule has 0 aliphatic heterocycles. The molecule has 0 aliphatic rings. The number of nitrogens with one attached hydrogen (secondary N) is 1. The van der Waals surface area contributed by atoms with Gasteiger partial charge in [-0.25, -0.2) is 9.18 Å². The van der Waals surface area contributed by atoms with Crippen LogP contribution in [0.4, 0.5) is 10.1 Å². The van der Waals surface area contributed by atoms with Crippen molar-refractivity contribution in [3.05, 3.63) is 57.5 Å². The molecular weight excluding hydrogens is 293 g/mol. The van der Waals surface area contributed by atoms with Crippen molar-refractivity contribution < 1.29 is 19.1 Å². The molecule has 0 atom stereocenters. The summed E-state index contributed by atoms with van der Waals surface area (Å²) in [6, 6.07) is 7.39. The van der Waals surface area contributed by atoms with Crippen molar-refractivity contribution in [2.24, 2.45) is 0 Å². The molecule has 1 aromatic heterocycles. The number of thiophene rings is 1. The maximum atomic E-state index is 13.0. The number of halogens is 1. The second-order valence-corrected chi connectivity index (χ2v) is 5.40. The van der Waals surface area contributed by atoms with Gasteiger partial charge < -0.3 is 10.4 Å². The first-order valence-corrected chi connectivity index (χ1v) is 6.85. The van der Waals surface area contributed by atoms with Crippen molar-refractivity contribution in [3.63, 3.8) is 0 Å². The van der Waals surface area contributed by atoms with Crippen LogP contribution in [-0.2, 0) is 4.79 Å². The average molecular weight is 305 g/mol. The lowest BCUT2D eigenvalue weighted by Gasteiger charge is -2.06. The Morgan fingerprint density at radius 1 is 1.29 bits per heavy atom. The van der Waals surface area contributed by atoms with Crippen LogP contribution in [0.3, 0.4) is 0 Å². The zero-order valence-corrected chi connectivity index (χ0v) is 11.9. The molecule has 108 valence electrons. The smallest absolute Gasteiger partial charge is 0.328 e. The third-order valence-electron chi connectivity index (χ3n) is 2.68. The van der Waals surface area contributed by atoms with Crippen molar-refractivity contribution >= 4 is 35.0 Å². The molecular formula is C15H12FNO3S. The third kappa shape index (κ3) is 4.00. The minimum Gasteiger partial charge on any atom is -0.478 e. The van der Waals surface area contributed by atoms with E-state index in [1.165, 1.54) is 35.6 Å². The summed E-state index contributed by atoms with van der Waals surface area (Å²) in [5.74, 6) is -1.72. The average Bonchev–Trinajstić information content (AvgIpc) is 2.88. The first-order chi connectivity index (χ1) is 9.95. The number of carbonyl (C=O) groups is 2. The highest BCUT2D eigenvalue weighted by molar-refractivity contribution is 7.15. The predicted molar refractivity (Wildman–Crippen MR) is 80.1 cm³/mol. The van der Waals surface area contributed by atoms with Crippen LogP contribution in [0.15, 0.2) is 36.4 Å². The standard InChI is InChI=1S/C15H12FNO3S/c1-9-8-10(16)2-5-12(9)17-15(20)13-6-3-11(21-13)4-7-14(18)19/h2-8H,1H3,(H,17,20)(H,18,19). The summed E-state index contributed by atoms with van der Waals surface area (Å²) in [7, 11) is 0. The lowest BCUT2D eigenvalue weighted by Crippen LogP contribution is -2.11. The van der Waals surface area contributed by atoms with Gasteiger partial charge in [-0.05, 0) is 48.9 Å². The fourth-order valence-corrected chi connectivity index (χ4v) is 2.48. The van der Waals surface area contributed by atoms with Crippen LogP contribution >= 0.6 is 11.3 Å². The van der Waals surface area contributed by atoms with Crippen molar-refractivity contribution in [1.82, 2.24) is 0 Å². The van der Waals surface area contributed by atoms with Crippen molar-refractivity contribution in [2.75, 3.05) is 5.32 Å². The largest absolute Gasteiger partial charge is 0.478 e. The van der Waals surface area contributed by atoms with Crippen LogP contribution in [0.25, 0.3) is 6.08 Å². The van der Waals surface area contributed by atoms with Gasteiger partial charge in [0.25, 0.3) is 5.91 Å². The van der Waals surface area contributed by atoms with Gasteiger partial charge in [0, 0.05) is 16.6 Å². The van der Waals surface area contributed by atoms with Crippen LogP contribution < -0.4 is 5.32 Å². The number of carboxylic acids is 1. The van der Waals surface area contributed by atoms with Crippen LogP contribution in [-0.4, -0.2) is 17.0 Å². The van der Waals surface area contributed by atoms with Gasteiger partial charge in [0.05, 0.1) is 4.88 Å². The van der Waals surface area contributed by atoms with E-state index in [0.29, 0.717) is 21.0 Å². The molecule has 0 saturated carbocycles. The van der Waals surface area contributed by atoms with Gasteiger partial charge >= 0.3 is 5.97 Å². The zero-order chi connectivity index (χ0) is 15.4. The maximum absolute atomic E-state index is 13.0. The van der Waals surface area contributed by atoms with Gasteiger partial charge in [-0.1, -0.05) is 0 Å². The van der Waals surface area contributed by atoms with Crippen molar-refractivity contribution in [3.8, 4) is 0 Å². The van der Waals surface area contributed by atoms with Crippen molar-refractivity contribution in [2.45, 2.75) is 6.92 Å². The molecule has 2 aromatic rings. The molecule has 1 amide bonds. The molecule has 0 fully saturated rings. The Kier molecular flexibility index (Phi) is 4.49. The van der Waals surface area contributed by atoms with E-state index in [1.807, 2.05) is 0 Å². The van der Waals surface area contributed by atoms with Crippen molar-refractivity contribution in [1.29, 1.82) is 0 Å². The van der Waals surface area contributed by atoms with Gasteiger partial charge in [-0.2, -0.15) is 0 Å². The quantitative estimate of drug-likeness (QED) is 0.849. The van der Waals surface area contributed by atoms with E-state index in [-0.39, 0.29) is 11.7 Å². The summed E-state index contributed by atoms with van der Waals surface area (Å²) in [5, 5.41) is 11.2. The minimum absolute atomic E-state index is 0.315. The molecule has 1 aromatic carbocycles. The highest BCUT2D eigenvalue weighted by Crippen LogP contribution is 2.21. The van der Waals surface area contributed by atoms with E-state index in [4.69, 9.17) is 5.11 Å². The van der Waals surface area contributed by atoms with Gasteiger partial charge in [-0.3, -0.25) is 4.79 Å². The predicted octanol–water partition coefficient (Wildman–Crippen LogP) is 3.55. The Balaban J connectivity index is 2.12. The fourth-order valence-electron chi connectivity index (χ4n) is 1.67. The summed E-state index contributed by atoms with van der Waals surface area (Å²) in [6.45, 7) is 1.70. The Morgan fingerprint density at radius 3 is 2.71 bits per heavy atom. The van der Waals surface area contributed by atoms with E-state index < -0.39 is 5.97 Å². The molecule has 0 saturated heterocycles. The summed E-state index contributed by atoms with van der Waals surface area (Å²) in [6.07, 6.45) is 2.44. The Morgan fingerprint density at radius 2 is 2.05 bits per heavy atom. The monoisotopic (exact) mass is 305 g/mol. The highest BCUT2D eigenvalue weighted by Gasteiger charge is 2.10. The summed E-state index contributed by atoms with van der Waals surface area (Å²) in [4.78, 5) is 23.6. The number of benzene rings is 1. The molecule has 2 rings (SSSR count). The first kappa shape index (κ1) is 14.9. The first-order valence-electron chi connectivity index (χ1n) is 6.04.